The minimum absolute atomic E-state index is 0.287. The van der Waals surface area contributed by atoms with Gasteiger partial charge >= 0.3 is 5.97 Å². The van der Waals surface area contributed by atoms with Gasteiger partial charge in [-0.25, -0.2) is 4.79 Å². The summed E-state index contributed by atoms with van der Waals surface area (Å²) in [6.07, 6.45) is 1.85. The molecule has 17 heavy (non-hydrogen) atoms. The summed E-state index contributed by atoms with van der Waals surface area (Å²) in [5, 5.41) is 11.5. The average Bonchev–Trinajstić information content (AvgIpc) is 2.22. The van der Waals surface area contributed by atoms with Crippen molar-refractivity contribution in [3.05, 3.63) is 4.91 Å². The summed E-state index contributed by atoms with van der Waals surface area (Å²) in [5.41, 5.74) is 0. The normalized spacial score (nSPS) is 12.9. The molecular formula is C10H18N2O4S. The van der Waals surface area contributed by atoms with Gasteiger partial charge < -0.3 is 10.4 Å². The summed E-state index contributed by atoms with van der Waals surface area (Å²) in [7, 11) is 0. The van der Waals surface area contributed by atoms with Gasteiger partial charge in [-0.1, -0.05) is 13.3 Å². The van der Waals surface area contributed by atoms with Crippen LogP contribution >= 0.6 is 11.9 Å². The van der Waals surface area contributed by atoms with Gasteiger partial charge in [0, 0.05) is 23.0 Å². The molecule has 0 saturated heterocycles. The Hall–Kier alpha value is -1.11. The molecule has 0 aliphatic rings. The first-order valence-corrected chi connectivity index (χ1v) is 6.15. The van der Waals surface area contributed by atoms with Crippen LogP contribution in [0.25, 0.3) is 0 Å². The molecule has 2 N–H and O–H groups in total. The van der Waals surface area contributed by atoms with Crippen LogP contribution < -0.4 is 5.32 Å². The van der Waals surface area contributed by atoms with Gasteiger partial charge in [-0.05, 0) is 20.3 Å². The summed E-state index contributed by atoms with van der Waals surface area (Å²) < 4.78 is 1.66. The maximum Gasteiger partial charge on any atom is 0.327 e. The van der Waals surface area contributed by atoms with Crippen molar-refractivity contribution in [1.29, 1.82) is 0 Å². The molecule has 6 nitrogen and oxygen atoms in total. The predicted molar refractivity (Wildman–Crippen MR) is 66.6 cm³/mol. The largest absolute Gasteiger partial charge is 0.480 e. The first kappa shape index (κ1) is 15.9. The van der Waals surface area contributed by atoms with Crippen molar-refractivity contribution in [2.45, 2.75) is 50.8 Å². The molecule has 0 aliphatic carbocycles. The standard InChI is InChI=1S/C10H18N2O4S/c1-4-5-6-7(13)11-8(9(14)15)10(2,3)17-12-16/h8H,4-6H2,1-3H3,(H,11,13)(H,14,15)/t8-/m0/s1. The third-order valence-electron chi connectivity index (χ3n) is 2.28. The lowest BCUT2D eigenvalue weighted by Gasteiger charge is -2.28. The molecule has 0 aromatic heterocycles. The van der Waals surface area contributed by atoms with Crippen LogP contribution in [0.4, 0.5) is 0 Å². The molecule has 1 atom stereocenters. The van der Waals surface area contributed by atoms with Crippen LogP contribution in [0.3, 0.4) is 0 Å². The lowest BCUT2D eigenvalue weighted by molar-refractivity contribution is -0.142. The molecule has 0 rings (SSSR count). The van der Waals surface area contributed by atoms with Crippen molar-refractivity contribution in [3.8, 4) is 0 Å². The molecule has 7 heteroatoms. The Balaban J connectivity index is 4.59. The average molecular weight is 262 g/mol. The number of carboxylic acids is 1. The van der Waals surface area contributed by atoms with E-state index in [4.69, 9.17) is 5.11 Å². The van der Waals surface area contributed by atoms with Gasteiger partial charge in [-0.2, -0.15) is 0 Å². The molecule has 0 aromatic rings. The Morgan fingerprint density at radius 3 is 2.47 bits per heavy atom. The molecule has 0 heterocycles. The van der Waals surface area contributed by atoms with Crippen LogP contribution in [0.1, 0.15) is 40.0 Å². The number of hydrogen-bond acceptors (Lipinski definition) is 5. The van der Waals surface area contributed by atoms with E-state index in [1.54, 1.807) is 13.8 Å². The number of unbranched alkanes of at least 4 members (excludes halogenated alkanes) is 1. The van der Waals surface area contributed by atoms with Gasteiger partial charge in [-0.15, -0.1) is 4.91 Å². The number of aliphatic carboxylic acids is 1. The Labute approximate surface area is 105 Å². The SMILES string of the molecule is CCCCC(=O)N[C@@H](C(=O)O)C(C)(C)SN=O. The highest BCUT2D eigenvalue weighted by Gasteiger charge is 2.38. The maximum absolute atomic E-state index is 11.5. The van der Waals surface area contributed by atoms with Crippen molar-refractivity contribution in [1.82, 2.24) is 5.32 Å². The second-order valence-corrected chi connectivity index (χ2v) is 5.60. The fraction of sp³-hybridized carbons (Fsp3) is 0.800. The number of hydrogen-bond donors (Lipinski definition) is 2. The molecule has 0 unspecified atom stereocenters. The Kier molecular flexibility index (Phi) is 6.79. The smallest absolute Gasteiger partial charge is 0.327 e. The van der Waals surface area contributed by atoms with Gasteiger partial charge in [0.2, 0.25) is 5.91 Å². The van der Waals surface area contributed by atoms with E-state index in [-0.39, 0.29) is 12.3 Å². The predicted octanol–water partition coefficient (Wildman–Crippen LogP) is 1.94. The first-order valence-electron chi connectivity index (χ1n) is 5.38. The van der Waals surface area contributed by atoms with E-state index in [2.05, 4.69) is 9.90 Å². The molecule has 98 valence electrons. The number of amides is 1. The van der Waals surface area contributed by atoms with Gasteiger partial charge in [-0.3, -0.25) is 4.79 Å². The molecule has 0 aliphatic heterocycles. The quantitative estimate of drug-likeness (QED) is 0.514. The van der Waals surface area contributed by atoms with Gasteiger partial charge in [0.15, 0.2) is 0 Å². The monoisotopic (exact) mass is 262 g/mol. The molecule has 1 amide bonds. The number of carbonyl (C=O) groups excluding carboxylic acids is 1. The van der Waals surface area contributed by atoms with Crippen LogP contribution in [-0.2, 0) is 9.59 Å². The number of nitroso groups, excluding NO2 is 1. The van der Waals surface area contributed by atoms with Gasteiger partial charge in [0.25, 0.3) is 0 Å². The van der Waals surface area contributed by atoms with E-state index in [0.717, 1.165) is 6.42 Å². The fourth-order valence-electron chi connectivity index (χ4n) is 1.25. The highest BCUT2D eigenvalue weighted by atomic mass is 32.2. The molecular weight excluding hydrogens is 244 g/mol. The summed E-state index contributed by atoms with van der Waals surface area (Å²) in [6, 6.07) is -1.13. The second-order valence-electron chi connectivity index (χ2n) is 4.21. The molecule has 0 saturated carbocycles. The zero-order chi connectivity index (χ0) is 13.5. The number of nitrogens with one attached hydrogen (secondary N) is 1. The molecule has 0 aromatic carbocycles. The molecule has 0 fully saturated rings. The number of nitrogens with zero attached hydrogens (tertiary/aromatic N) is 1. The Morgan fingerprint density at radius 2 is 2.06 bits per heavy atom. The van der Waals surface area contributed by atoms with Crippen molar-refractivity contribution >= 4 is 23.8 Å². The lowest BCUT2D eigenvalue weighted by Crippen LogP contribution is -2.52. The molecule has 0 radical (unpaired) electrons. The van der Waals surface area contributed by atoms with Crippen molar-refractivity contribution in [2.75, 3.05) is 0 Å². The van der Waals surface area contributed by atoms with E-state index in [1.165, 1.54) is 0 Å². The van der Waals surface area contributed by atoms with E-state index in [0.29, 0.717) is 18.4 Å². The second kappa shape index (κ2) is 7.26. The fourth-order valence-corrected chi connectivity index (χ4v) is 1.71. The maximum atomic E-state index is 11.5. The first-order chi connectivity index (χ1) is 7.85. The highest BCUT2D eigenvalue weighted by molar-refractivity contribution is 7.99. The van der Waals surface area contributed by atoms with Gasteiger partial charge in [0.05, 0.1) is 4.75 Å². The zero-order valence-electron chi connectivity index (χ0n) is 10.2. The summed E-state index contributed by atoms with van der Waals surface area (Å²) in [5.74, 6) is -1.49. The highest BCUT2D eigenvalue weighted by Crippen LogP contribution is 2.29. The minimum atomic E-state index is -1.17. The lowest BCUT2D eigenvalue weighted by atomic mass is 10.0. The summed E-state index contributed by atoms with van der Waals surface area (Å²) in [6.45, 7) is 5.05. The van der Waals surface area contributed by atoms with Crippen LogP contribution in [0, 0.1) is 4.91 Å². The van der Waals surface area contributed by atoms with E-state index >= 15 is 0 Å². The Morgan fingerprint density at radius 1 is 1.47 bits per heavy atom. The number of carbonyl (C=O) groups is 2. The van der Waals surface area contributed by atoms with E-state index in [9.17, 15) is 14.5 Å². The van der Waals surface area contributed by atoms with Crippen LogP contribution in [0.2, 0.25) is 0 Å². The number of carboxylic acid groups (broad SMARTS) is 1. The van der Waals surface area contributed by atoms with Crippen molar-refractivity contribution in [3.63, 3.8) is 0 Å². The minimum Gasteiger partial charge on any atom is -0.480 e. The van der Waals surface area contributed by atoms with E-state index < -0.39 is 16.8 Å². The van der Waals surface area contributed by atoms with E-state index in [1.807, 2.05) is 6.92 Å². The third kappa shape index (κ3) is 5.67. The number of rotatable bonds is 8. The summed E-state index contributed by atoms with van der Waals surface area (Å²) >= 11 is 0.610. The van der Waals surface area contributed by atoms with Gasteiger partial charge in [0.1, 0.15) is 6.04 Å². The molecule has 0 bridgehead atoms. The van der Waals surface area contributed by atoms with Crippen molar-refractivity contribution in [2.24, 2.45) is 4.58 Å². The van der Waals surface area contributed by atoms with Crippen LogP contribution in [-0.4, -0.2) is 27.8 Å². The summed E-state index contributed by atoms with van der Waals surface area (Å²) in [4.78, 5) is 32.7. The third-order valence-corrected chi connectivity index (χ3v) is 3.06. The topological polar surface area (TPSA) is 95.8 Å². The molecule has 0 spiro atoms. The Bertz CT molecular complexity index is 294. The van der Waals surface area contributed by atoms with Crippen molar-refractivity contribution < 1.29 is 14.7 Å². The van der Waals surface area contributed by atoms with Crippen LogP contribution in [0.5, 0.6) is 0 Å². The zero-order valence-corrected chi connectivity index (χ0v) is 11.0. The van der Waals surface area contributed by atoms with Crippen LogP contribution in [0.15, 0.2) is 4.58 Å².